The molecule has 118 valence electrons. The molecule has 1 amide bonds. The van der Waals surface area contributed by atoms with Crippen molar-refractivity contribution in [2.75, 3.05) is 11.1 Å². The Morgan fingerprint density at radius 2 is 2.00 bits per heavy atom. The van der Waals surface area contributed by atoms with E-state index in [0.29, 0.717) is 26.3 Å². The second-order valence-electron chi connectivity index (χ2n) is 5.18. The fraction of sp³-hybridized carbons (Fsp3) is 0.125. The highest BCUT2D eigenvalue weighted by Crippen LogP contribution is 2.36. The average molecular weight is 366 g/mol. The molecule has 0 aliphatic carbocycles. The fourth-order valence-corrected chi connectivity index (χ4v) is 3.86. The van der Waals surface area contributed by atoms with Crippen molar-refractivity contribution in [2.45, 2.75) is 13.8 Å². The van der Waals surface area contributed by atoms with Gasteiger partial charge in [-0.05, 0) is 43.7 Å². The predicted molar refractivity (Wildman–Crippen MR) is 97.9 cm³/mol. The highest BCUT2D eigenvalue weighted by Gasteiger charge is 2.19. The van der Waals surface area contributed by atoms with Crippen LogP contribution in [0, 0.1) is 13.8 Å². The molecule has 23 heavy (non-hydrogen) atoms. The number of amides is 1. The molecule has 3 aromatic rings. The van der Waals surface area contributed by atoms with E-state index in [1.807, 2.05) is 19.9 Å². The number of nitrogens with zero attached hydrogens (tertiary/aromatic N) is 1. The molecule has 0 atom stereocenters. The molecule has 0 radical (unpaired) electrons. The van der Waals surface area contributed by atoms with Gasteiger partial charge >= 0.3 is 0 Å². The van der Waals surface area contributed by atoms with E-state index in [1.54, 1.807) is 18.2 Å². The molecule has 3 rings (SSSR count). The third kappa shape index (κ3) is 3.00. The molecule has 2 heterocycles. The third-order valence-electron chi connectivity index (χ3n) is 3.41. The van der Waals surface area contributed by atoms with E-state index in [1.165, 1.54) is 11.3 Å². The molecule has 0 bridgehead atoms. The molecular formula is C16H13Cl2N3OS. The zero-order valence-electron chi connectivity index (χ0n) is 12.4. The monoisotopic (exact) mass is 365 g/mol. The second-order valence-corrected chi connectivity index (χ2v) is 7.03. The van der Waals surface area contributed by atoms with Gasteiger partial charge in [0, 0.05) is 16.1 Å². The number of anilines is 2. The van der Waals surface area contributed by atoms with E-state index in [-0.39, 0.29) is 5.91 Å². The van der Waals surface area contributed by atoms with Crippen molar-refractivity contribution in [3.8, 4) is 0 Å². The maximum Gasteiger partial charge on any atom is 0.267 e. The second kappa shape index (κ2) is 6.00. The van der Waals surface area contributed by atoms with Crippen LogP contribution in [0.3, 0.4) is 0 Å². The Morgan fingerprint density at radius 3 is 2.74 bits per heavy atom. The first kappa shape index (κ1) is 16.1. The van der Waals surface area contributed by atoms with Gasteiger partial charge in [-0.3, -0.25) is 4.79 Å². The molecule has 0 aliphatic heterocycles. The maximum absolute atomic E-state index is 12.6. The number of nitrogens with two attached hydrogens (primary N) is 1. The average Bonchev–Trinajstić information content (AvgIpc) is 2.80. The van der Waals surface area contributed by atoms with Gasteiger partial charge < -0.3 is 11.1 Å². The van der Waals surface area contributed by atoms with Crippen molar-refractivity contribution in [3.63, 3.8) is 0 Å². The summed E-state index contributed by atoms with van der Waals surface area (Å²) in [6.07, 6.45) is 0. The number of nitrogens with one attached hydrogen (secondary N) is 1. The summed E-state index contributed by atoms with van der Waals surface area (Å²) in [7, 11) is 0. The summed E-state index contributed by atoms with van der Waals surface area (Å²) in [5.41, 5.74) is 8.94. The molecule has 0 saturated heterocycles. The molecule has 4 nitrogen and oxygen atoms in total. The quantitative estimate of drug-likeness (QED) is 0.667. The summed E-state index contributed by atoms with van der Waals surface area (Å²) in [4.78, 5) is 18.2. The number of carbonyl (C=O) groups is 1. The van der Waals surface area contributed by atoms with Crippen LogP contribution in [0.1, 0.15) is 20.9 Å². The number of fused-ring (bicyclic) bond motifs is 1. The van der Waals surface area contributed by atoms with Crippen LogP contribution in [0.5, 0.6) is 0 Å². The van der Waals surface area contributed by atoms with Crippen LogP contribution in [0.15, 0.2) is 24.3 Å². The molecule has 7 heteroatoms. The minimum Gasteiger partial charge on any atom is -0.397 e. The van der Waals surface area contributed by atoms with Gasteiger partial charge in [-0.1, -0.05) is 23.2 Å². The summed E-state index contributed by atoms with van der Waals surface area (Å²) in [5.74, 6) is -0.327. The topological polar surface area (TPSA) is 68.0 Å². The van der Waals surface area contributed by atoms with Gasteiger partial charge in [0.25, 0.3) is 5.91 Å². The lowest BCUT2D eigenvalue weighted by atomic mass is 10.1. The molecule has 2 aromatic heterocycles. The largest absolute Gasteiger partial charge is 0.397 e. The highest BCUT2D eigenvalue weighted by molar-refractivity contribution is 7.21. The number of halogens is 2. The van der Waals surface area contributed by atoms with Crippen LogP contribution >= 0.6 is 34.5 Å². The maximum atomic E-state index is 12.6. The predicted octanol–water partition coefficient (Wildman–Crippen LogP) is 5.05. The first-order chi connectivity index (χ1) is 10.9. The lowest BCUT2D eigenvalue weighted by molar-refractivity contribution is 0.103. The van der Waals surface area contributed by atoms with Crippen LogP contribution in [-0.2, 0) is 0 Å². The summed E-state index contributed by atoms with van der Waals surface area (Å²) in [5, 5.41) is 4.47. The van der Waals surface area contributed by atoms with Crippen LogP contribution in [0.4, 0.5) is 11.4 Å². The van der Waals surface area contributed by atoms with Crippen LogP contribution in [0.2, 0.25) is 10.0 Å². The number of aryl methyl sites for hydroxylation is 2. The Morgan fingerprint density at radius 1 is 1.26 bits per heavy atom. The van der Waals surface area contributed by atoms with E-state index < -0.39 is 0 Å². The molecule has 0 fully saturated rings. The van der Waals surface area contributed by atoms with Crippen molar-refractivity contribution >= 4 is 62.0 Å². The third-order valence-corrected chi connectivity index (χ3v) is 5.07. The first-order valence-corrected chi connectivity index (χ1v) is 8.36. The summed E-state index contributed by atoms with van der Waals surface area (Å²) in [6.45, 7) is 3.86. The van der Waals surface area contributed by atoms with Gasteiger partial charge in [-0.25, -0.2) is 4.98 Å². The first-order valence-electron chi connectivity index (χ1n) is 6.79. The van der Waals surface area contributed by atoms with Gasteiger partial charge in [0.05, 0.1) is 16.4 Å². The van der Waals surface area contributed by atoms with Crippen LogP contribution in [-0.4, -0.2) is 10.9 Å². The minimum absolute atomic E-state index is 0.327. The molecule has 0 spiro atoms. The van der Waals surface area contributed by atoms with E-state index in [2.05, 4.69) is 10.3 Å². The molecule has 0 saturated carbocycles. The smallest absolute Gasteiger partial charge is 0.267 e. The number of hydrogen-bond donors (Lipinski definition) is 2. The summed E-state index contributed by atoms with van der Waals surface area (Å²) >= 11 is 13.3. The van der Waals surface area contributed by atoms with Crippen molar-refractivity contribution in [1.82, 2.24) is 4.98 Å². The zero-order chi connectivity index (χ0) is 16.7. The Balaban J connectivity index is 2.03. The fourth-order valence-electron chi connectivity index (χ4n) is 2.41. The Bertz CT molecular complexity index is 937. The number of aromatic nitrogens is 1. The number of hydrogen-bond acceptors (Lipinski definition) is 4. The van der Waals surface area contributed by atoms with E-state index in [0.717, 1.165) is 21.5 Å². The van der Waals surface area contributed by atoms with Crippen molar-refractivity contribution < 1.29 is 4.79 Å². The van der Waals surface area contributed by atoms with E-state index >= 15 is 0 Å². The van der Waals surface area contributed by atoms with Crippen molar-refractivity contribution in [3.05, 3.63) is 50.4 Å². The lowest BCUT2D eigenvalue weighted by Gasteiger charge is -2.07. The standard InChI is InChI=1S/C16H13Cl2N3OS/c1-7-5-8(2)20-16-12(7)13(19)14(23-16)15(22)21-11-6-9(17)3-4-10(11)18/h3-6H,19H2,1-2H3,(H,21,22). The SMILES string of the molecule is Cc1cc(C)c2c(N)c(C(=O)Nc3cc(Cl)ccc3Cl)sc2n1. The minimum atomic E-state index is -0.327. The summed E-state index contributed by atoms with van der Waals surface area (Å²) in [6, 6.07) is 6.83. The normalized spacial score (nSPS) is 11.0. The Labute approximate surface area is 147 Å². The molecule has 1 aromatic carbocycles. The highest BCUT2D eigenvalue weighted by atomic mass is 35.5. The van der Waals surface area contributed by atoms with Crippen LogP contribution < -0.4 is 11.1 Å². The number of thiophene rings is 1. The van der Waals surface area contributed by atoms with E-state index in [4.69, 9.17) is 28.9 Å². The van der Waals surface area contributed by atoms with Gasteiger partial charge in [0.15, 0.2) is 0 Å². The molecular weight excluding hydrogens is 353 g/mol. The van der Waals surface area contributed by atoms with Gasteiger partial charge in [0.1, 0.15) is 9.71 Å². The molecule has 3 N–H and O–H groups in total. The van der Waals surface area contributed by atoms with Crippen molar-refractivity contribution in [1.29, 1.82) is 0 Å². The van der Waals surface area contributed by atoms with Crippen molar-refractivity contribution in [2.24, 2.45) is 0 Å². The zero-order valence-corrected chi connectivity index (χ0v) is 14.7. The molecule has 0 aliphatic rings. The number of nitrogen functional groups attached to an aromatic ring is 1. The van der Waals surface area contributed by atoms with E-state index in [9.17, 15) is 4.79 Å². The van der Waals surface area contributed by atoms with Gasteiger partial charge in [-0.2, -0.15) is 0 Å². The molecule has 0 unspecified atom stereocenters. The number of pyridine rings is 1. The van der Waals surface area contributed by atoms with Gasteiger partial charge in [0.2, 0.25) is 0 Å². The number of benzene rings is 1. The van der Waals surface area contributed by atoms with Gasteiger partial charge in [-0.15, -0.1) is 11.3 Å². The number of rotatable bonds is 2. The lowest BCUT2D eigenvalue weighted by Crippen LogP contribution is -2.12. The Hall–Kier alpha value is -1.82. The summed E-state index contributed by atoms with van der Waals surface area (Å²) < 4.78 is 0. The number of carbonyl (C=O) groups excluding carboxylic acids is 1. The Kier molecular flexibility index (Phi) is 4.19. The van der Waals surface area contributed by atoms with Crippen LogP contribution in [0.25, 0.3) is 10.2 Å².